The number of unbranched alkanes of at least 4 members (excludes halogenated alkanes) is 1. The van der Waals surface area contributed by atoms with E-state index in [-0.39, 0.29) is 23.0 Å². The van der Waals surface area contributed by atoms with Gasteiger partial charge in [0.05, 0.1) is 16.4 Å². The van der Waals surface area contributed by atoms with Gasteiger partial charge in [0.2, 0.25) is 5.91 Å². The highest BCUT2D eigenvalue weighted by Crippen LogP contribution is 2.23. The zero-order valence-corrected chi connectivity index (χ0v) is 17.8. The Morgan fingerprint density at radius 3 is 2.31 bits per heavy atom. The average molecular weight is 411 g/mol. The second-order valence-corrected chi connectivity index (χ2v) is 8.78. The first-order chi connectivity index (χ1) is 13.9. The molecule has 1 aliphatic heterocycles. The molecule has 0 fully saturated rings. The van der Waals surface area contributed by atoms with Gasteiger partial charge in [0.1, 0.15) is 0 Å². The van der Waals surface area contributed by atoms with Gasteiger partial charge >= 0.3 is 0 Å². The Hall–Kier alpha value is -2.60. The van der Waals surface area contributed by atoms with Gasteiger partial charge in [-0.25, -0.2) is 0 Å². The topological polar surface area (TPSA) is 66.5 Å². The lowest BCUT2D eigenvalue weighted by Crippen LogP contribution is -2.30. The van der Waals surface area contributed by atoms with Crippen molar-refractivity contribution in [3.63, 3.8) is 0 Å². The molecule has 1 aliphatic rings. The lowest BCUT2D eigenvalue weighted by atomic mass is 10.1. The van der Waals surface area contributed by atoms with Crippen molar-refractivity contribution in [2.24, 2.45) is 0 Å². The van der Waals surface area contributed by atoms with Gasteiger partial charge < -0.3 is 5.32 Å². The van der Waals surface area contributed by atoms with Crippen molar-refractivity contribution >= 4 is 35.2 Å². The number of amides is 3. The fourth-order valence-electron chi connectivity index (χ4n) is 3.34. The minimum atomic E-state index is -0.209. The number of nitrogens with one attached hydrogen (secondary N) is 1. The number of rotatable bonds is 8. The Kier molecular flexibility index (Phi) is 6.75. The lowest BCUT2D eigenvalue weighted by molar-refractivity contribution is -0.115. The molecule has 1 atom stereocenters. The van der Waals surface area contributed by atoms with Crippen LogP contribution in [0.1, 0.15) is 51.6 Å². The summed E-state index contributed by atoms with van der Waals surface area (Å²) in [6, 6.07) is 12.9. The molecule has 2 aromatic carbocycles. The number of imide groups is 1. The summed E-state index contributed by atoms with van der Waals surface area (Å²) in [5, 5.41) is 2.82. The number of anilines is 1. The van der Waals surface area contributed by atoms with Crippen LogP contribution in [0.5, 0.6) is 0 Å². The third kappa shape index (κ3) is 4.88. The third-order valence-electron chi connectivity index (χ3n) is 5.03. The zero-order valence-electron chi connectivity index (χ0n) is 17.0. The van der Waals surface area contributed by atoms with E-state index in [1.807, 2.05) is 39.0 Å². The van der Waals surface area contributed by atoms with Crippen LogP contribution < -0.4 is 5.32 Å². The molecule has 0 saturated heterocycles. The molecule has 3 amide bonds. The van der Waals surface area contributed by atoms with Crippen molar-refractivity contribution in [2.45, 2.75) is 38.9 Å². The molecule has 0 spiro atoms. The average Bonchev–Trinajstić information content (AvgIpc) is 2.94. The van der Waals surface area contributed by atoms with Crippen LogP contribution in [0.2, 0.25) is 0 Å². The molecule has 6 heteroatoms. The number of thioether (sulfide) groups is 1. The molecule has 3 rings (SSSR count). The molecule has 0 bridgehead atoms. The largest absolute Gasteiger partial charge is 0.325 e. The van der Waals surface area contributed by atoms with Crippen LogP contribution in [0.25, 0.3) is 0 Å². The molecule has 2 aromatic rings. The van der Waals surface area contributed by atoms with Crippen molar-refractivity contribution in [3.8, 4) is 0 Å². The van der Waals surface area contributed by atoms with Gasteiger partial charge in [-0.05, 0) is 63.1 Å². The Morgan fingerprint density at radius 2 is 1.69 bits per heavy atom. The summed E-state index contributed by atoms with van der Waals surface area (Å²) >= 11 is 1.58. The van der Waals surface area contributed by atoms with Crippen LogP contribution in [-0.4, -0.2) is 40.2 Å². The summed E-state index contributed by atoms with van der Waals surface area (Å²) in [6.07, 6.45) is 1.56. The number of aryl methyl sites for hydroxylation is 2. The van der Waals surface area contributed by atoms with Crippen LogP contribution in [0.4, 0.5) is 5.69 Å². The third-order valence-corrected chi connectivity index (χ3v) is 6.27. The van der Waals surface area contributed by atoms with Crippen LogP contribution in [0.3, 0.4) is 0 Å². The molecule has 1 heterocycles. The number of hydrogen-bond acceptors (Lipinski definition) is 4. The summed E-state index contributed by atoms with van der Waals surface area (Å²) in [7, 11) is 0. The Bertz CT molecular complexity index is 906. The normalized spacial score (nSPS) is 14.1. The highest BCUT2D eigenvalue weighted by Gasteiger charge is 2.34. The monoisotopic (exact) mass is 410 g/mol. The van der Waals surface area contributed by atoms with E-state index in [9.17, 15) is 14.4 Å². The van der Waals surface area contributed by atoms with E-state index < -0.39 is 0 Å². The Morgan fingerprint density at radius 1 is 1.03 bits per heavy atom. The van der Waals surface area contributed by atoms with E-state index >= 15 is 0 Å². The zero-order chi connectivity index (χ0) is 21.0. The minimum Gasteiger partial charge on any atom is -0.325 e. The SMILES string of the molecule is Cc1ccc(NC(=O)C(C)SCCCCN2C(=O)c3ccccc3C2=O)c(C)c1. The van der Waals surface area contributed by atoms with Crippen LogP contribution in [0.15, 0.2) is 42.5 Å². The fourth-order valence-corrected chi connectivity index (χ4v) is 4.27. The van der Waals surface area contributed by atoms with Gasteiger partial charge in [0.25, 0.3) is 11.8 Å². The summed E-state index contributed by atoms with van der Waals surface area (Å²) in [5.41, 5.74) is 4.04. The minimum absolute atomic E-state index is 0.0118. The molecule has 152 valence electrons. The fraction of sp³-hybridized carbons (Fsp3) is 0.348. The van der Waals surface area contributed by atoms with Gasteiger partial charge in [-0.15, -0.1) is 11.8 Å². The summed E-state index contributed by atoms with van der Waals surface area (Å²) in [6.45, 7) is 6.32. The summed E-state index contributed by atoms with van der Waals surface area (Å²) < 4.78 is 0. The number of hydrogen-bond donors (Lipinski definition) is 1. The van der Waals surface area contributed by atoms with E-state index in [1.54, 1.807) is 36.0 Å². The first kappa shape index (κ1) is 21.1. The van der Waals surface area contributed by atoms with Crippen molar-refractivity contribution in [1.29, 1.82) is 0 Å². The predicted molar refractivity (Wildman–Crippen MR) is 118 cm³/mol. The van der Waals surface area contributed by atoms with Crippen molar-refractivity contribution in [1.82, 2.24) is 4.90 Å². The molecular weight excluding hydrogens is 384 g/mol. The van der Waals surface area contributed by atoms with E-state index in [2.05, 4.69) is 5.32 Å². The molecule has 5 nitrogen and oxygen atoms in total. The summed E-state index contributed by atoms with van der Waals surface area (Å²) in [4.78, 5) is 38.4. The maximum atomic E-state index is 12.4. The highest BCUT2D eigenvalue weighted by atomic mass is 32.2. The second kappa shape index (κ2) is 9.27. The van der Waals surface area contributed by atoms with Crippen molar-refractivity contribution in [3.05, 3.63) is 64.7 Å². The quantitative estimate of drug-likeness (QED) is 0.516. The number of nitrogens with zero attached hydrogens (tertiary/aromatic N) is 1. The van der Waals surface area contributed by atoms with Crippen LogP contribution in [-0.2, 0) is 4.79 Å². The van der Waals surface area contributed by atoms with Crippen LogP contribution >= 0.6 is 11.8 Å². The van der Waals surface area contributed by atoms with Gasteiger partial charge in [-0.3, -0.25) is 19.3 Å². The first-order valence-corrected chi connectivity index (χ1v) is 10.9. The van der Waals surface area contributed by atoms with E-state index in [1.165, 1.54) is 10.5 Å². The molecule has 0 aliphatic carbocycles. The van der Waals surface area contributed by atoms with E-state index in [0.29, 0.717) is 17.7 Å². The molecule has 0 aromatic heterocycles. The molecule has 0 saturated carbocycles. The maximum absolute atomic E-state index is 12.4. The lowest BCUT2D eigenvalue weighted by Gasteiger charge is -2.15. The number of benzene rings is 2. The molecule has 1 unspecified atom stereocenters. The second-order valence-electron chi connectivity index (χ2n) is 7.34. The number of carbonyl (C=O) groups excluding carboxylic acids is 3. The molecule has 1 N–H and O–H groups in total. The predicted octanol–water partition coefficient (Wildman–Crippen LogP) is 4.44. The first-order valence-electron chi connectivity index (χ1n) is 9.83. The van der Waals surface area contributed by atoms with Crippen molar-refractivity contribution in [2.75, 3.05) is 17.6 Å². The number of fused-ring (bicyclic) bond motifs is 1. The highest BCUT2D eigenvalue weighted by molar-refractivity contribution is 8.00. The Labute approximate surface area is 175 Å². The smallest absolute Gasteiger partial charge is 0.261 e. The maximum Gasteiger partial charge on any atom is 0.261 e. The summed E-state index contributed by atoms with van der Waals surface area (Å²) in [5.74, 6) is 0.367. The standard InChI is InChI=1S/C23H26N2O3S/c1-15-10-11-20(16(2)14-15)24-21(26)17(3)29-13-7-6-12-25-22(27)18-8-4-5-9-19(18)23(25)28/h4-5,8-11,14,17H,6-7,12-13H2,1-3H3,(H,24,26). The van der Waals surface area contributed by atoms with Gasteiger partial charge in [-0.1, -0.05) is 29.8 Å². The van der Waals surface area contributed by atoms with E-state index in [4.69, 9.17) is 0 Å². The van der Waals surface area contributed by atoms with Crippen LogP contribution in [0, 0.1) is 13.8 Å². The Balaban J connectivity index is 1.40. The van der Waals surface area contributed by atoms with Crippen molar-refractivity contribution < 1.29 is 14.4 Å². The molecular formula is C23H26N2O3S. The molecule has 29 heavy (non-hydrogen) atoms. The van der Waals surface area contributed by atoms with Gasteiger partial charge in [0.15, 0.2) is 0 Å². The van der Waals surface area contributed by atoms with E-state index in [0.717, 1.165) is 29.8 Å². The van der Waals surface area contributed by atoms with Gasteiger partial charge in [0, 0.05) is 12.2 Å². The van der Waals surface area contributed by atoms with Gasteiger partial charge in [-0.2, -0.15) is 0 Å². The molecule has 0 radical (unpaired) electrons. The number of carbonyl (C=O) groups is 3.